The Labute approximate surface area is 385 Å². The van der Waals surface area contributed by atoms with Crippen LogP contribution in [0.4, 0.5) is 0 Å². The zero-order valence-corrected chi connectivity index (χ0v) is 41.4. The van der Waals surface area contributed by atoms with Crippen LogP contribution < -0.4 is 5.32 Å². The standard InChI is InChI=1S/C56H105NO5/c1-3-5-7-9-11-13-15-16-27-30-34-38-42-46-50-56(61)62-51-47-43-39-35-31-28-25-23-21-19-17-18-20-22-24-26-29-33-37-41-45-49-55(60)57-53(52-58)54(59)48-44-40-36-32-14-12-10-8-6-4-2/h9,11,15-16,44,48,53-54,58-59H,3-8,10,12-14,17-43,45-47,49-52H2,1-2H3,(H,57,60)/b11-9-,16-15-,48-44+. The van der Waals surface area contributed by atoms with Crippen molar-refractivity contribution in [3.05, 3.63) is 36.5 Å². The summed E-state index contributed by atoms with van der Waals surface area (Å²) in [7, 11) is 0. The fourth-order valence-corrected chi connectivity index (χ4v) is 8.18. The predicted molar refractivity (Wildman–Crippen MR) is 269 cm³/mol. The molecule has 0 aromatic heterocycles. The van der Waals surface area contributed by atoms with Crippen molar-refractivity contribution in [1.82, 2.24) is 5.32 Å². The summed E-state index contributed by atoms with van der Waals surface area (Å²) in [6.45, 7) is 4.83. The van der Waals surface area contributed by atoms with E-state index in [4.69, 9.17) is 4.74 Å². The number of amides is 1. The molecule has 0 aliphatic heterocycles. The summed E-state index contributed by atoms with van der Waals surface area (Å²) in [4.78, 5) is 24.4. The lowest BCUT2D eigenvalue weighted by molar-refractivity contribution is -0.143. The highest BCUT2D eigenvalue weighted by Crippen LogP contribution is 2.16. The minimum atomic E-state index is -0.843. The molecule has 0 bridgehead atoms. The van der Waals surface area contributed by atoms with Crippen molar-refractivity contribution in [3.8, 4) is 0 Å². The Hall–Kier alpha value is -1.92. The fourth-order valence-electron chi connectivity index (χ4n) is 8.18. The Bertz CT molecular complexity index is 1010. The van der Waals surface area contributed by atoms with Crippen molar-refractivity contribution in [2.24, 2.45) is 0 Å². The zero-order chi connectivity index (χ0) is 45.1. The number of aliphatic hydroxyl groups is 2. The second kappa shape index (κ2) is 51.7. The first-order valence-corrected chi connectivity index (χ1v) is 27.3. The maximum Gasteiger partial charge on any atom is 0.305 e. The summed E-state index contributed by atoms with van der Waals surface area (Å²) < 4.78 is 5.46. The molecule has 1 amide bonds. The third-order valence-electron chi connectivity index (χ3n) is 12.4. The Kier molecular flexibility index (Phi) is 50.1. The molecule has 2 atom stereocenters. The Morgan fingerprint density at radius 3 is 1.27 bits per heavy atom. The molecule has 6 nitrogen and oxygen atoms in total. The summed E-state index contributed by atoms with van der Waals surface area (Å²) in [5, 5.41) is 23.0. The fraction of sp³-hybridized carbons (Fsp3) is 0.857. The van der Waals surface area contributed by atoms with Gasteiger partial charge >= 0.3 is 5.97 Å². The molecule has 0 heterocycles. The van der Waals surface area contributed by atoms with Crippen LogP contribution in [-0.2, 0) is 14.3 Å². The van der Waals surface area contributed by atoms with Gasteiger partial charge in [-0.25, -0.2) is 0 Å². The first-order chi connectivity index (χ1) is 30.5. The minimum absolute atomic E-state index is 0.00389. The summed E-state index contributed by atoms with van der Waals surface area (Å²) in [6.07, 6.45) is 63.0. The number of allylic oxidation sites excluding steroid dienone is 5. The molecule has 0 aromatic rings. The van der Waals surface area contributed by atoms with Crippen LogP contribution in [-0.4, -0.2) is 47.4 Å². The molecule has 0 aliphatic rings. The summed E-state index contributed by atoms with van der Waals surface area (Å²) in [6, 6.07) is -0.627. The normalized spacial score (nSPS) is 12.9. The van der Waals surface area contributed by atoms with Gasteiger partial charge in [-0.1, -0.05) is 249 Å². The first kappa shape index (κ1) is 60.1. The zero-order valence-electron chi connectivity index (χ0n) is 41.4. The molecule has 0 aliphatic carbocycles. The molecule has 364 valence electrons. The number of rotatable bonds is 50. The molecule has 0 saturated heterocycles. The number of nitrogens with one attached hydrogen (secondary N) is 1. The smallest absolute Gasteiger partial charge is 0.305 e. The monoisotopic (exact) mass is 872 g/mol. The van der Waals surface area contributed by atoms with Crippen LogP contribution >= 0.6 is 0 Å². The van der Waals surface area contributed by atoms with Gasteiger partial charge in [0.05, 0.1) is 25.4 Å². The van der Waals surface area contributed by atoms with E-state index in [1.54, 1.807) is 6.08 Å². The quantitative estimate of drug-likeness (QED) is 0.0321. The number of carbonyl (C=O) groups excluding carboxylic acids is 2. The summed E-state index contributed by atoms with van der Waals surface area (Å²) in [5.74, 6) is -0.0754. The topological polar surface area (TPSA) is 95.9 Å². The maximum absolute atomic E-state index is 12.4. The van der Waals surface area contributed by atoms with Crippen LogP contribution in [0.3, 0.4) is 0 Å². The van der Waals surface area contributed by atoms with E-state index in [1.165, 1.54) is 205 Å². The van der Waals surface area contributed by atoms with E-state index in [0.29, 0.717) is 19.4 Å². The third-order valence-corrected chi connectivity index (χ3v) is 12.4. The Balaban J connectivity index is 3.39. The third kappa shape index (κ3) is 47.6. The van der Waals surface area contributed by atoms with Gasteiger partial charge < -0.3 is 20.3 Å². The molecule has 0 saturated carbocycles. The minimum Gasteiger partial charge on any atom is -0.466 e. The molecule has 0 rings (SSSR count). The maximum atomic E-state index is 12.4. The molecule has 62 heavy (non-hydrogen) atoms. The number of aliphatic hydroxyl groups excluding tert-OH is 2. The van der Waals surface area contributed by atoms with Crippen molar-refractivity contribution in [2.45, 2.75) is 296 Å². The summed E-state index contributed by atoms with van der Waals surface area (Å²) in [5.41, 5.74) is 0. The van der Waals surface area contributed by atoms with E-state index in [9.17, 15) is 19.8 Å². The van der Waals surface area contributed by atoms with Crippen LogP contribution in [0, 0.1) is 0 Å². The van der Waals surface area contributed by atoms with E-state index < -0.39 is 12.1 Å². The molecule has 6 heteroatoms. The second-order valence-electron chi connectivity index (χ2n) is 18.6. The van der Waals surface area contributed by atoms with Gasteiger partial charge in [0, 0.05) is 12.8 Å². The lowest BCUT2D eigenvalue weighted by Gasteiger charge is -2.20. The predicted octanol–water partition coefficient (Wildman–Crippen LogP) is 16.5. The van der Waals surface area contributed by atoms with Crippen molar-refractivity contribution in [3.63, 3.8) is 0 Å². The molecule has 0 spiro atoms. The van der Waals surface area contributed by atoms with Gasteiger partial charge in [-0.05, 0) is 57.8 Å². The molecular formula is C56H105NO5. The van der Waals surface area contributed by atoms with Gasteiger partial charge in [-0.3, -0.25) is 9.59 Å². The van der Waals surface area contributed by atoms with E-state index in [2.05, 4.69) is 43.5 Å². The van der Waals surface area contributed by atoms with Gasteiger partial charge in [0.2, 0.25) is 5.91 Å². The second-order valence-corrected chi connectivity index (χ2v) is 18.6. The SMILES string of the molecule is CCCC/C=C\C/C=C\CCCCCCCC(=O)OCCCCCCCCCCCCCCCCCCCCCCCC(=O)NC(CO)C(O)/C=C/CCCCCCCCCC. The highest BCUT2D eigenvalue weighted by molar-refractivity contribution is 5.76. The average molecular weight is 872 g/mol. The van der Waals surface area contributed by atoms with E-state index in [0.717, 1.165) is 51.4 Å². The molecule has 2 unspecified atom stereocenters. The van der Waals surface area contributed by atoms with E-state index >= 15 is 0 Å². The van der Waals surface area contributed by atoms with Crippen molar-refractivity contribution >= 4 is 11.9 Å². The van der Waals surface area contributed by atoms with Crippen LogP contribution in [0.2, 0.25) is 0 Å². The van der Waals surface area contributed by atoms with E-state index in [-0.39, 0.29) is 18.5 Å². The van der Waals surface area contributed by atoms with Crippen LogP contribution in [0.1, 0.15) is 284 Å². The van der Waals surface area contributed by atoms with Crippen molar-refractivity contribution < 1.29 is 24.5 Å². The van der Waals surface area contributed by atoms with Crippen LogP contribution in [0.5, 0.6) is 0 Å². The Morgan fingerprint density at radius 1 is 0.452 bits per heavy atom. The van der Waals surface area contributed by atoms with Crippen LogP contribution in [0.25, 0.3) is 0 Å². The van der Waals surface area contributed by atoms with Gasteiger partial charge in [-0.2, -0.15) is 0 Å². The number of esters is 1. The van der Waals surface area contributed by atoms with Gasteiger partial charge in [0.1, 0.15) is 0 Å². The van der Waals surface area contributed by atoms with Gasteiger partial charge in [-0.15, -0.1) is 0 Å². The number of unbranched alkanes of at least 4 members (excludes halogenated alkanes) is 35. The number of carbonyl (C=O) groups is 2. The number of hydrogen-bond acceptors (Lipinski definition) is 5. The van der Waals surface area contributed by atoms with Crippen molar-refractivity contribution in [1.29, 1.82) is 0 Å². The molecule has 0 radical (unpaired) electrons. The number of ether oxygens (including phenoxy) is 1. The van der Waals surface area contributed by atoms with Gasteiger partial charge in [0.25, 0.3) is 0 Å². The first-order valence-electron chi connectivity index (χ1n) is 27.3. The Morgan fingerprint density at radius 2 is 0.823 bits per heavy atom. The highest BCUT2D eigenvalue weighted by Gasteiger charge is 2.18. The molecule has 0 fully saturated rings. The van der Waals surface area contributed by atoms with E-state index in [1.807, 2.05) is 6.08 Å². The molecular weight excluding hydrogens is 767 g/mol. The lowest BCUT2D eigenvalue weighted by atomic mass is 10.0. The lowest BCUT2D eigenvalue weighted by Crippen LogP contribution is -2.45. The number of hydrogen-bond donors (Lipinski definition) is 3. The van der Waals surface area contributed by atoms with Crippen molar-refractivity contribution in [2.75, 3.05) is 13.2 Å². The van der Waals surface area contributed by atoms with Gasteiger partial charge in [0.15, 0.2) is 0 Å². The summed E-state index contributed by atoms with van der Waals surface area (Å²) >= 11 is 0. The van der Waals surface area contributed by atoms with Crippen LogP contribution in [0.15, 0.2) is 36.5 Å². The highest BCUT2D eigenvalue weighted by atomic mass is 16.5. The largest absolute Gasteiger partial charge is 0.466 e. The molecule has 3 N–H and O–H groups in total. The average Bonchev–Trinajstić information content (AvgIpc) is 3.27. The molecule has 0 aromatic carbocycles.